The minimum absolute atomic E-state index is 0.0202. The Kier molecular flexibility index (Phi) is 6.85. The molecule has 1 amide bonds. The highest BCUT2D eigenvalue weighted by atomic mass is 16.5. The van der Waals surface area contributed by atoms with Crippen LogP contribution >= 0.6 is 0 Å². The van der Waals surface area contributed by atoms with Crippen molar-refractivity contribution in [3.8, 4) is 0 Å². The maximum absolute atomic E-state index is 12.3. The van der Waals surface area contributed by atoms with Crippen LogP contribution in [-0.2, 0) is 14.3 Å². The number of ether oxygens (including phenoxy) is 1. The molecule has 1 aromatic carbocycles. The van der Waals surface area contributed by atoms with Gasteiger partial charge in [0, 0.05) is 5.92 Å². The summed E-state index contributed by atoms with van der Waals surface area (Å²) in [6, 6.07) is 9.24. The van der Waals surface area contributed by atoms with Gasteiger partial charge in [0.2, 0.25) is 5.91 Å². The fourth-order valence-corrected chi connectivity index (χ4v) is 2.92. The van der Waals surface area contributed by atoms with Crippen LogP contribution in [0.15, 0.2) is 36.4 Å². The van der Waals surface area contributed by atoms with Crippen molar-refractivity contribution in [1.82, 2.24) is 5.32 Å². The standard InChI is InChI=1S/C19H25NO3/c1-23-19(22)17(14-8-11-15-9-4-2-5-10-15)20-18(21)16-12-6-3-7-13-16/h2,4-5,8-11,16-17H,3,6-7,12-14H2,1H3,(H,20,21)/b11-8+/t17-/m0/s1. The van der Waals surface area contributed by atoms with Crippen molar-refractivity contribution in [1.29, 1.82) is 0 Å². The predicted octanol–water partition coefficient (Wildman–Crippen LogP) is 3.33. The second kappa shape index (κ2) is 9.13. The summed E-state index contributed by atoms with van der Waals surface area (Å²) in [4.78, 5) is 24.2. The van der Waals surface area contributed by atoms with Gasteiger partial charge in [-0.1, -0.05) is 61.7 Å². The molecule has 1 aromatic rings. The first-order valence-electron chi connectivity index (χ1n) is 8.30. The largest absolute Gasteiger partial charge is 0.467 e. The zero-order chi connectivity index (χ0) is 16.5. The molecule has 1 saturated carbocycles. The molecular weight excluding hydrogens is 290 g/mol. The molecule has 0 radical (unpaired) electrons. The Morgan fingerprint density at radius 2 is 1.91 bits per heavy atom. The highest BCUT2D eigenvalue weighted by Gasteiger charge is 2.26. The van der Waals surface area contributed by atoms with Gasteiger partial charge in [-0.25, -0.2) is 4.79 Å². The van der Waals surface area contributed by atoms with Crippen LogP contribution in [0.5, 0.6) is 0 Å². The van der Waals surface area contributed by atoms with Gasteiger partial charge in [-0.2, -0.15) is 0 Å². The number of benzene rings is 1. The van der Waals surface area contributed by atoms with E-state index in [1.807, 2.05) is 42.5 Å². The average molecular weight is 315 g/mol. The summed E-state index contributed by atoms with van der Waals surface area (Å²) in [5, 5.41) is 2.86. The van der Waals surface area contributed by atoms with Gasteiger partial charge in [-0.3, -0.25) is 4.79 Å². The van der Waals surface area contributed by atoms with E-state index in [0.29, 0.717) is 6.42 Å². The first kappa shape index (κ1) is 17.3. The lowest BCUT2D eigenvalue weighted by Gasteiger charge is -2.23. The highest BCUT2D eigenvalue weighted by Crippen LogP contribution is 2.23. The van der Waals surface area contributed by atoms with Crippen LogP contribution in [0.3, 0.4) is 0 Å². The quantitative estimate of drug-likeness (QED) is 0.819. The lowest BCUT2D eigenvalue weighted by Crippen LogP contribution is -2.44. The average Bonchev–Trinajstić information content (AvgIpc) is 2.61. The van der Waals surface area contributed by atoms with Crippen LogP contribution in [0.4, 0.5) is 0 Å². The zero-order valence-corrected chi connectivity index (χ0v) is 13.7. The van der Waals surface area contributed by atoms with Crippen molar-refractivity contribution in [2.45, 2.75) is 44.6 Å². The Balaban J connectivity index is 1.92. The van der Waals surface area contributed by atoms with Crippen LogP contribution < -0.4 is 5.32 Å². The van der Waals surface area contributed by atoms with Gasteiger partial charge < -0.3 is 10.1 Å². The molecule has 23 heavy (non-hydrogen) atoms. The number of hydrogen-bond acceptors (Lipinski definition) is 3. The van der Waals surface area contributed by atoms with Crippen molar-refractivity contribution in [2.75, 3.05) is 7.11 Å². The predicted molar refractivity (Wildman–Crippen MR) is 90.6 cm³/mol. The van der Waals surface area contributed by atoms with Crippen molar-refractivity contribution >= 4 is 18.0 Å². The minimum atomic E-state index is -0.616. The highest BCUT2D eigenvalue weighted by molar-refractivity contribution is 5.86. The number of carbonyl (C=O) groups is 2. The molecule has 1 fully saturated rings. The van der Waals surface area contributed by atoms with Crippen LogP contribution in [0.25, 0.3) is 6.08 Å². The van der Waals surface area contributed by atoms with Crippen molar-refractivity contribution in [3.63, 3.8) is 0 Å². The molecule has 124 valence electrons. The fourth-order valence-electron chi connectivity index (χ4n) is 2.92. The normalized spacial score (nSPS) is 16.9. The molecule has 0 saturated heterocycles. The van der Waals surface area contributed by atoms with Crippen LogP contribution in [0.2, 0.25) is 0 Å². The van der Waals surface area contributed by atoms with Gasteiger partial charge >= 0.3 is 5.97 Å². The molecule has 1 aliphatic carbocycles. The Hall–Kier alpha value is -2.10. The minimum Gasteiger partial charge on any atom is -0.467 e. The molecule has 4 nitrogen and oxygen atoms in total. The van der Waals surface area contributed by atoms with Gasteiger partial charge in [0.1, 0.15) is 6.04 Å². The van der Waals surface area contributed by atoms with E-state index < -0.39 is 12.0 Å². The van der Waals surface area contributed by atoms with Gasteiger partial charge in [0.15, 0.2) is 0 Å². The van der Waals surface area contributed by atoms with E-state index in [1.165, 1.54) is 13.5 Å². The van der Waals surface area contributed by atoms with Crippen molar-refractivity contribution < 1.29 is 14.3 Å². The Bertz CT molecular complexity index is 533. The molecule has 0 aromatic heterocycles. The molecule has 0 unspecified atom stereocenters. The topological polar surface area (TPSA) is 55.4 Å². The molecule has 1 aliphatic rings. The third-order valence-electron chi connectivity index (χ3n) is 4.26. The maximum Gasteiger partial charge on any atom is 0.328 e. The number of methoxy groups -OCH3 is 1. The molecule has 0 heterocycles. The van der Waals surface area contributed by atoms with E-state index in [-0.39, 0.29) is 11.8 Å². The number of amides is 1. The number of carbonyl (C=O) groups excluding carboxylic acids is 2. The van der Waals surface area contributed by atoms with Gasteiger partial charge in [-0.05, 0) is 24.8 Å². The Morgan fingerprint density at radius 3 is 2.57 bits per heavy atom. The molecule has 4 heteroatoms. The molecule has 0 aliphatic heterocycles. The van der Waals surface area contributed by atoms with Gasteiger partial charge in [-0.15, -0.1) is 0 Å². The monoisotopic (exact) mass is 315 g/mol. The third kappa shape index (κ3) is 5.55. The van der Waals surface area contributed by atoms with E-state index in [0.717, 1.165) is 31.2 Å². The van der Waals surface area contributed by atoms with Crippen molar-refractivity contribution in [3.05, 3.63) is 42.0 Å². The van der Waals surface area contributed by atoms with E-state index in [1.54, 1.807) is 0 Å². The number of nitrogens with one attached hydrogen (secondary N) is 1. The summed E-state index contributed by atoms with van der Waals surface area (Å²) in [6.07, 6.45) is 9.49. The molecule has 0 spiro atoms. The third-order valence-corrected chi connectivity index (χ3v) is 4.26. The number of esters is 1. The first-order valence-corrected chi connectivity index (χ1v) is 8.30. The van der Waals surface area contributed by atoms with Gasteiger partial charge in [0.25, 0.3) is 0 Å². The summed E-state index contributed by atoms with van der Waals surface area (Å²) in [7, 11) is 1.35. The summed E-state index contributed by atoms with van der Waals surface area (Å²) in [6.45, 7) is 0. The Morgan fingerprint density at radius 1 is 1.22 bits per heavy atom. The second-order valence-corrected chi connectivity index (χ2v) is 5.97. The van der Waals surface area contributed by atoms with Crippen molar-refractivity contribution in [2.24, 2.45) is 5.92 Å². The smallest absolute Gasteiger partial charge is 0.328 e. The number of rotatable bonds is 6. The van der Waals surface area contributed by atoms with Crippen LogP contribution in [0.1, 0.15) is 44.1 Å². The fraction of sp³-hybridized carbons (Fsp3) is 0.474. The summed E-state index contributed by atoms with van der Waals surface area (Å²) >= 11 is 0. The lowest BCUT2D eigenvalue weighted by atomic mass is 9.88. The van der Waals surface area contributed by atoms with Crippen LogP contribution in [0, 0.1) is 5.92 Å². The Labute approximate surface area is 137 Å². The summed E-state index contributed by atoms with van der Waals surface area (Å²) < 4.78 is 4.82. The second-order valence-electron chi connectivity index (χ2n) is 5.97. The first-order chi connectivity index (χ1) is 11.2. The van der Waals surface area contributed by atoms with E-state index in [9.17, 15) is 9.59 Å². The summed E-state index contributed by atoms with van der Waals surface area (Å²) in [5.74, 6) is -0.380. The molecule has 2 rings (SSSR count). The van der Waals surface area contributed by atoms with E-state index >= 15 is 0 Å². The lowest BCUT2D eigenvalue weighted by molar-refractivity contribution is -0.145. The molecular formula is C19H25NO3. The van der Waals surface area contributed by atoms with E-state index in [2.05, 4.69) is 5.32 Å². The maximum atomic E-state index is 12.3. The molecule has 1 N–H and O–H groups in total. The molecule has 0 bridgehead atoms. The summed E-state index contributed by atoms with van der Waals surface area (Å²) in [5.41, 5.74) is 1.06. The SMILES string of the molecule is COC(=O)[C@H](C/C=C/c1ccccc1)NC(=O)C1CCCCC1. The zero-order valence-electron chi connectivity index (χ0n) is 13.7. The van der Waals surface area contributed by atoms with E-state index in [4.69, 9.17) is 4.74 Å². The van der Waals surface area contributed by atoms with Crippen LogP contribution in [-0.4, -0.2) is 25.0 Å². The van der Waals surface area contributed by atoms with Gasteiger partial charge in [0.05, 0.1) is 7.11 Å². The number of hydrogen-bond donors (Lipinski definition) is 1. The molecule has 1 atom stereocenters.